The van der Waals surface area contributed by atoms with Crippen molar-refractivity contribution in [3.8, 4) is 11.5 Å². The fraction of sp³-hybridized carbons (Fsp3) is 0.167. The number of aromatic nitrogens is 1. The molecule has 9 heteroatoms. The number of methoxy groups -OCH3 is 1. The first-order valence-electron chi connectivity index (χ1n) is 12.3. The van der Waals surface area contributed by atoms with Crippen LogP contribution in [0.5, 0.6) is 11.5 Å². The molecule has 3 aromatic carbocycles. The Hall–Kier alpha value is -2.77. The molecule has 0 unspecified atom stereocenters. The summed E-state index contributed by atoms with van der Waals surface area (Å²) in [6.07, 6.45) is 3.53. The Morgan fingerprint density at radius 1 is 1.10 bits per heavy atom. The number of thiazole rings is 1. The van der Waals surface area contributed by atoms with Crippen LogP contribution < -0.4 is 24.4 Å². The molecule has 0 spiro atoms. The average molecular weight is 760 g/mol. The van der Waals surface area contributed by atoms with Crippen molar-refractivity contribution in [3.63, 3.8) is 0 Å². The van der Waals surface area contributed by atoms with E-state index in [1.165, 1.54) is 23.8 Å². The standard InChI is InChI=1S/C30H22I2N2O4S/c1-16(35)38-28-19(13-20(31)15-24(28)32)14-25-29(36)34-27(18-7-10-21(37-2)11-8-18)23-12-9-17-5-3-4-6-22(17)26(23)33-30(34)39-25/h3-8,10-11,13-15,27H,9,12H2,1-2H3/b25-14+/t27-/m0/s1. The van der Waals surface area contributed by atoms with Gasteiger partial charge in [0.15, 0.2) is 10.6 Å². The molecule has 2 aliphatic rings. The Morgan fingerprint density at radius 2 is 1.87 bits per heavy atom. The molecule has 1 aliphatic carbocycles. The summed E-state index contributed by atoms with van der Waals surface area (Å²) in [5.41, 5.74) is 6.06. The van der Waals surface area contributed by atoms with Crippen molar-refractivity contribution in [2.45, 2.75) is 25.8 Å². The molecule has 0 N–H and O–H groups in total. The van der Waals surface area contributed by atoms with Gasteiger partial charge in [0.25, 0.3) is 5.56 Å². The van der Waals surface area contributed by atoms with Gasteiger partial charge in [-0.25, -0.2) is 4.99 Å². The second-order valence-electron chi connectivity index (χ2n) is 9.29. The lowest BCUT2D eigenvalue weighted by atomic mass is 9.83. The molecule has 6 nitrogen and oxygen atoms in total. The van der Waals surface area contributed by atoms with Gasteiger partial charge in [0.05, 0.1) is 27.0 Å². The number of rotatable bonds is 4. The number of allylic oxidation sites excluding steroid dienone is 1. The number of ether oxygens (including phenoxy) is 2. The number of carbonyl (C=O) groups excluding carboxylic acids is 1. The zero-order valence-corrected chi connectivity index (χ0v) is 26.2. The first kappa shape index (κ1) is 26.5. The summed E-state index contributed by atoms with van der Waals surface area (Å²) >= 11 is 5.74. The second kappa shape index (κ2) is 10.7. The van der Waals surface area contributed by atoms with Crippen molar-refractivity contribution in [2.75, 3.05) is 7.11 Å². The highest BCUT2D eigenvalue weighted by Crippen LogP contribution is 2.41. The molecule has 4 aromatic rings. The van der Waals surface area contributed by atoms with E-state index >= 15 is 0 Å². The van der Waals surface area contributed by atoms with Crippen LogP contribution in [0.15, 0.2) is 76.0 Å². The lowest BCUT2D eigenvalue weighted by Crippen LogP contribution is -2.38. The second-order valence-corrected chi connectivity index (χ2v) is 12.7. The van der Waals surface area contributed by atoms with Gasteiger partial charge in [0.2, 0.25) is 0 Å². The number of esters is 1. The maximum Gasteiger partial charge on any atom is 0.308 e. The molecule has 196 valence electrons. The minimum atomic E-state index is -0.406. The number of halogens is 2. The van der Waals surface area contributed by atoms with E-state index in [1.807, 2.05) is 53.1 Å². The fourth-order valence-corrected chi connectivity index (χ4v) is 8.18. The van der Waals surface area contributed by atoms with Gasteiger partial charge in [-0.05, 0) is 105 Å². The van der Waals surface area contributed by atoms with Gasteiger partial charge in [0.1, 0.15) is 5.75 Å². The lowest BCUT2D eigenvalue weighted by Gasteiger charge is -2.30. The van der Waals surface area contributed by atoms with E-state index in [1.54, 1.807) is 7.11 Å². The molecule has 2 heterocycles. The number of hydrogen-bond donors (Lipinski definition) is 0. The number of hydrogen-bond acceptors (Lipinski definition) is 6. The molecule has 0 amide bonds. The molecule has 0 radical (unpaired) electrons. The van der Waals surface area contributed by atoms with Crippen LogP contribution in [0.25, 0.3) is 11.8 Å². The summed E-state index contributed by atoms with van der Waals surface area (Å²) in [5.74, 6) is 0.811. The third kappa shape index (κ3) is 4.89. The van der Waals surface area contributed by atoms with Crippen molar-refractivity contribution >= 4 is 74.3 Å². The monoisotopic (exact) mass is 760 g/mol. The van der Waals surface area contributed by atoms with E-state index in [-0.39, 0.29) is 11.6 Å². The number of carbonyl (C=O) groups is 1. The quantitative estimate of drug-likeness (QED) is 0.158. The van der Waals surface area contributed by atoms with Crippen LogP contribution in [0.4, 0.5) is 0 Å². The van der Waals surface area contributed by atoms with E-state index in [4.69, 9.17) is 14.5 Å². The first-order valence-corrected chi connectivity index (χ1v) is 15.3. The van der Waals surface area contributed by atoms with Gasteiger partial charge < -0.3 is 9.47 Å². The zero-order chi connectivity index (χ0) is 27.3. The summed E-state index contributed by atoms with van der Waals surface area (Å²) in [6.45, 7) is 1.38. The third-order valence-electron chi connectivity index (χ3n) is 6.87. The van der Waals surface area contributed by atoms with E-state index < -0.39 is 5.97 Å². The summed E-state index contributed by atoms with van der Waals surface area (Å²) in [5, 5.41) is 0. The van der Waals surface area contributed by atoms with Crippen molar-refractivity contribution in [1.29, 1.82) is 0 Å². The Morgan fingerprint density at radius 3 is 2.62 bits per heavy atom. The van der Waals surface area contributed by atoms with Crippen molar-refractivity contribution in [3.05, 3.63) is 115 Å². The molecule has 39 heavy (non-hydrogen) atoms. The van der Waals surface area contributed by atoms with Gasteiger partial charge in [-0.1, -0.05) is 47.7 Å². The van der Waals surface area contributed by atoms with Crippen LogP contribution in [0.1, 0.15) is 41.6 Å². The van der Waals surface area contributed by atoms with Crippen LogP contribution >= 0.6 is 56.5 Å². The Kier molecular flexibility index (Phi) is 7.23. The number of fused-ring (bicyclic) bond motifs is 3. The van der Waals surface area contributed by atoms with E-state index in [0.717, 1.165) is 48.1 Å². The molecular weight excluding hydrogens is 738 g/mol. The Balaban J connectivity index is 1.61. The predicted molar refractivity (Wildman–Crippen MR) is 169 cm³/mol. The topological polar surface area (TPSA) is 69.9 Å². The highest BCUT2D eigenvalue weighted by atomic mass is 127. The van der Waals surface area contributed by atoms with Crippen molar-refractivity contribution in [1.82, 2.24) is 4.57 Å². The van der Waals surface area contributed by atoms with Crippen LogP contribution in [0.2, 0.25) is 0 Å². The van der Waals surface area contributed by atoms with Crippen LogP contribution in [0.3, 0.4) is 0 Å². The Bertz CT molecular complexity index is 1860. The summed E-state index contributed by atoms with van der Waals surface area (Å²) in [7, 11) is 1.65. The average Bonchev–Trinajstić information content (AvgIpc) is 3.23. The first-order chi connectivity index (χ1) is 18.8. The number of aryl methyl sites for hydroxylation is 1. The van der Waals surface area contributed by atoms with Gasteiger partial charge in [-0.15, -0.1) is 0 Å². The lowest BCUT2D eigenvalue weighted by molar-refractivity contribution is -0.131. The SMILES string of the molecule is COc1ccc([C@H]2C3=C(N=c4s/c(=C/c5cc(I)cc(I)c5OC(C)=O)c(=O)n42)c2ccccc2CC3)cc1. The molecule has 0 saturated carbocycles. The molecule has 1 atom stereocenters. The van der Waals surface area contributed by atoms with Gasteiger partial charge in [-0.2, -0.15) is 0 Å². The summed E-state index contributed by atoms with van der Waals surface area (Å²) < 4.78 is 15.1. The summed E-state index contributed by atoms with van der Waals surface area (Å²) in [6, 6.07) is 19.9. The Labute approximate surface area is 256 Å². The van der Waals surface area contributed by atoms with Crippen LogP contribution in [-0.2, 0) is 11.2 Å². The maximum atomic E-state index is 14.1. The highest BCUT2D eigenvalue weighted by molar-refractivity contribution is 14.1. The largest absolute Gasteiger partial charge is 0.497 e. The molecule has 1 aromatic heterocycles. The normalized spacial score (nSPS) is 16.2. The van der Waals surface area contributed by atoms with E-state index in [2.05, 4.69) is 63.4 Å². The van der Waals surface area contributed by atoms with Gasteiger partial charge >= 0.3 is 5.97 Å². The summed E-state index contributed by atoms with van der Waals surface area (Å²) in [4.78, 5) is 31.6. The number of benzene rings is 3. The minimum Gasteiger partial charge on any atom is -0.497 e. The van der Waals surface area contributed by atoms with Crippen molar-refractivity contribution in [2.24, 2.45) is 4.99 Å². The molecule has 1 aliphatic heterocycles. The van der Waals surface area contributed by atoms with E-state index in [9.17, 15) is 9.59 Å². The van der Waals surface area contributed by atoms with Gasteiger partial charge in [-0.3, -0.25) is 14.2 Å². The van der Waals surface area contributed by atoms with Crippen LogP contribution in [-0.4, -0.2) is 17.6 Å². The minimum absolute atomic E-state index is 0.118. The predicted octanol–water partition coefficient (Wildman–Crippen LogP) is 5.46. The third-order valence-corrected chi connectivity index (χ3v) is 9.28. The highest BCUT2D eigenvalue weighted by Gasteiger charge is 2.32. The molecule has 0 saturated heterocycles. The van der Waals surface area contributed by atoms with Crippen LogP contribution in [0, 0.1) is 7.14 Å². The number of nitrogens with zero attached hydrogens (tertiary/aromatic N) is 2. The zero-order valence-electron chi connectivity index (χ0n) is 21.0. The van der Waals surface area contributed by atoms with E-state index in [0.29, 0.717) is 20.6 Å². The molecular formula is C30H22I2N2O4S. The smallest absolute Gasteiger partial charge is 0.308 e. The maximum absolute atomic E-state index is 14.1. The molecule has 0 fully saturated rings. The molecule has 6 rings (SSSR count). The van der Waals surface area contributed by atoms with Crippen molar-refractivity contribution < 1.29 is 14.3 Å². The fourth-order valence-electron chi connectivity index (χ4n) is 5.19. The molecule has 0 bridgehead atoms. The van der Waals surface area contributed by atoms with Gasteiger partial charge in [0, 0.05) is 21.6 Å².